The van der Waals surface area contributed by atoms with Crippen LogP contribution in [0.2, 0.25) is 0 Å². The molecule has 0 amide bonds. The van der Waals surface area contributed by atoms with Crippen LogP contribution < -0.4 is 5.32 Å². The van der Waals surface area contributed by atoms with Crippen molar-refractivity contribution >= 4 is 11.8 Å². The minimum absolute atomic E-state index is 0.171. The second kappa shape index (κ2) is 5.37. The van der Waals surface area contributed by atoms with E-state index in [1.54, 1.807) is 11.8 Å². The number of aromatic amines is 1. The minimum Gasteiger partial charge on any atom is -0.394 e. The highest BCUT2D eigenvalue weighted by Gasteiger charge is 2.33. The Morgan fingerprint density at radius 2 is 2.47 bits per heavy atom. The third-order valence-electron chi connectivity index (χ3n) is 2.92. The molecule has 0 aromatic carbocycles. The van der Waals surface area contributed by atoms with Gasteiger partial charge in [0.1, 0.15) is 6.33 Å². The standard InChI is InChI=1S/C11H20N4OS/c1-8(17-10-12-7-13-15-10)5-11(2,6-16)14-9-3-4-9/h7-9,14,16H,3-6H2,1-2H3,(H,12,13,15). The Kier molecular flexibility index (Phi) is 4.06. The van der Waals surface area contributed by atoms with Gasteiger partial charge in [-0.15, -0.1) is 0 Å². The third-order valence-corrected chi connectivity index (χ3v) is 3.91. The highest BCUT2D eigenvalue weighted by molar-refractivity contribution is 7.99. The Hall–Kier alpha value is -0.590. The summed E-state index contributed by atoms with van der Waals surface area (Å²) in [6, 6.07) is 0.606. The molecule has 1 aliphatic rings. The van der Waals surface area contributed by atoms with Gasteiger partial charge in [-0.2, -0.15) is 5.10 Å². The smallest absolute Gasteiger partial charge is 0.183 e. The Bertz CT molecular complexity index is 341. The number of aromatic nitrogens is 3. The predicted molar refractivity (Wildman–Crippen MR) is 68.0 cm³/mol. The molecule has 6 heteroatoms. The first-order chi connectivity index (χ1) is 8.11. The lowest BCUT2D eigenvalue weighted by atomic mass is 9.97. The zero-order valence-corrected chi connectivity index (χ0v) is 11.1. The molecule has 0 spiro atoms. The molecule has 0 saturated heterocycles. The van der Waals surface area contributed by atoms with Crippen molar-refractivity contribution in [3.63, 3.8) is 0 Å². The number of nitrogens with one attached hydrogen (secondary N) is 2. The molecule has 0 aliphatic heterocycles. The van der Waals surface area contributed by atoms with Crippen LogP contribution in [-0.4, -0.2) is 43.7 Å². The number of hydrogen-bond donors (Lipinski definition) is 3. The molecule has 17 heavy (non-hydrogen) atoms. The number of rotatable bonds is 7. The maximum Gasteiger partial charge on any atom is 0.183 e. The number of aliphatic hydroxyl groups is 1. The van der Waals surface area contributed by atoms with E-state index in [0.29, 0.717) is 11.3 Å². The minimum atomic E-state index is -0.187. The molecule has 3 N–H and O–H groups in total. The van der Waals surface area contributed by atoms with E-state index in [-0.39, 0.29) is 12.1 Å². The van der Waals surface area contributed by atoms with Gasteiger partial charge in [-0.1, -0.05) is 18.7 Å². The molecular weight excluding hydrogens is 236 g/mol. The van der Waals surface area contributed by atoms with Crippen molar-refractivity contribution < 1.29 is 5.11 Å². The van der Waals surface area contributed by atoms with Crippen LogP contribution >= 0.6 is 11.8 Å². The van der Waals surface area contributed by atoms with Gasteiger partial charge >= 0.3 is 0 Å². The van der Waals surface area contributed by atoms with E-state index in [0.717, 1.165) is 11.6 Å². The molecule has 96 valence electrons. The van der Waals surface area contributed by atoms with E-state index < -0.39 is 0 Å². The van der Waals surface area contributed by atoms with Gasteiger partial charge in [0.25, 0.3) is 0 Å². The van der Waals surface area contributed by atoms with Gasteiger partial charge in [0.05, 0.1) is 6.61 Å². The van der Waals surface area contributed by atoms with Crippen LogP contribution in [-0.2, 0) is 0 Å². The van der Waals surface area contributed by atoms with Crippen molar-refractivity contribution in [3.05, 3.63) is 6.33 Å². The molecule has 5 nitrogen and oxygen atoms in total. The summed E-state index contributed by atoms with van der Waals surface area (Å²) < 4.78 is 0. The fraction of sp³-hybridized carbons (Fsp3) is 0.818. The summed E-state index contributed by atoms with van der Waals surface area (Å²) in [7, 11) is 0. The van der Waals surface area contributed by atoms with E-state index in [4.69, 9.17) is 0 Å². The highest BCUT2D eigenvalue weighted by Crippen LogP contribution is 2.29. The van der Waals surface area contributed by atoms with Crippen molar-refractivity contribution in [3.8, 4) is 0 Å². The Morgan fingerprint density at radius 1 is 1.71 bits per heavy atom. The van der Waals surface area contributed by atoms with Crippen molar-refractivity contribution in [1.29, 1.82) is 0 Å². The van der Waals surface area contributed by atoms with Crippen molar-refractivity contribution in [2.75, 3.05) is 6.61 Å². The molecule has 1 saturated carbocycles. The molecule has 0 bridgehead atoms. The van der Waals surface area contributed by atoms with Gasteiger partial charge in [0.15, 0.2) is 5.16 Å². The Balaban J connectivity index is 1.84. The Labute approximate surface area is 106 Å². The number of hydrogen-bond acceptors (Lipinski definition) is 5. The van der Waals surface area contributed by atoms with E-state index in [1.165, 1.54) is 19.2 Å². The molecule has 1 aliphatic carbocycles. The zero-order chi connectivity index (χ0) is 12.3. The van der Waals surface area contributed by atoms with Gasteiger partial charge in [-0.3, -0.25) is 5.10 Å². The van der Waals surface area contributed by atoms with Gasteiger partial charge < -0.3 is 10.4 Å². The average molecular weight is 256 g/mol. The average Bonchev–Trinajstić information content (AvgIpc) is 2.92. The quantitative estimate of drug-likeness (QED) is 0.639. The summed E-state index contributed by atoms with van der Waals surface area (Å²) in [5.41, 5.74) is -0.187. The van der Waals surface area contributed by atoms with Crippen LogP contribution in [0.1, 0.15) is 33.1 Å². The van der Waals surface area contributed by atoms with Crippen LogP contribution in [0.25, 0.3) is 0 Å². The first-order valence-corrected chi connectivity index (χ1v) is 6.90. The zero-order valence-electron chi connectivity index (χ0n) is 10.3. The summed E-state index contributed by atoms with van der Waals surface area (Å²) in [4.78, 5) is 4.10. The predicted octanol–water partition coefficient (Wildman–Crippen LogP) is 1.18. The van der Waals surface area contributed by atoms with E-state index in [1.807, 2.05) is 0 Å². The van der Waals surface area contributed by atoms with E-state index >= 15 is 0 Å². The highest BCUT2D eigenvalue weighted by atomic mass is 32.2. The van der Waals surface area contributed by atoms with Crippen LogP contribution in [0.5, 0.6) is 0 Å². The van der Waals surface area contributed by atoms with E-state index in [2.05, 4.69) is 34.3 Å². The summed E-state index contributed by atoms with van der Waals surface area (Å²) in [5.74, 6) is 0. The lowest BCUT2D eigenvalue weighted by molar-refractivity contribution is 0.164. The van der Waals surface area contributed by atoms with Crippen LogP contribution in [0.15, 0.2) is 11.5 Å². The fourth-order valence-corrected chi connectivity index (χ4v) is 3.05. The third kappa shape index (κ3) is 3.97. The lowest BCUT2D eigenvalue weighted by Crippen LogP contribution is -2.48. The molecule has 1 aromatic rings. The SMILES string of the molecule is CC(CC(C)(CO)NC1CC1)Sc1ncn[nH]1. The van der Waals surface area contributed by atoms with Gasteiger partial charge in [-0.05, 0) is 26.2 Å². The molecule has 0 radical (unpaired) electrons. The van der Waals surface area contributed by atoms with Gasteiger partial charge in [0.2, 0.25) is 0 Å². The second-order valence-corrected chi connectivity index (χ2v) is 6.49. The fourth-order valence-electron chi connectivity index (χ4n) is 2.01. The molecule has 1 heterocycles. The first-order valence-electron chi connectivity index (χ1n) is 6.02. The van der Waals surface area contributed by atoms with Crippen molar-refractivity contribution in [2.24, 2.45) is 0 Å². The van der Waals surface area contributed by atoms with Crippen molar-refractivity contribution in [1.82, 2.24) is 20.5 Å². The maximum absolute atomic E-state index is 9.53. The van der Waals surface area contributed by atoms with Gasteiger partial charge in [-0.25, -0.2) is 4.98 Å². The molecule has 1 fully saturated rings. The molecule has 1 aromatic heterocycles. The van der Waals surface area contributed by atoms with E-state index in [9.17, 15) is 5.11 Å². The molecular formula is C11H20N4OS. The number of thioether (sulfide) groups is 1. The largest absolute Gasteiger partial charge is 0.394 e. The summed E-state index contributed by atoms with van der Waals surface area (Å²) in [5, 5.41) is 20.9. The summed E-state index contributed by atoms with van der Waals surface area (Å²) in [6.07, 6.45) is 4.90. The van der Waals surface area contributed by atoms with Crippen LogP contribution in [0.4, 0.5) is 0 Å². The monoisotopic (exact) mass is 256 g/mol. The molecule has 2 rings (SSSR count). The molecule has 2 unspecified atom stereocenters. The number of aliphatic hydroxyl groups excluding tert-OH is 1. The topological polar surface area (TPSA) is 73.8 Å². The van der Waals surface area contributed by atoms with Gasteiger partial charge in [0, 0.05) is 16.8 Å². The number of H-pyrrole nitrogens is 1. The van der Waals surface area contributed by atoms with Crippen LogP contribution in [0.3, 0.4) is 0 Å². The summed E-state index contributed by atoms with van der Waals surface area (Å²) >= 11 is 1.66. The first kappa shape index (κ1) is 12.9. The van der Waals surface area contributed by atoms with Crippen molar-refractivity contribution in [2.45, 2.75) is 55.1 Å². The Morgan fingerprint density at radius 3 is 3.00 bits per heavy atom. The second-order valence-electron chi connectivity index (χ2n) is 5.06. The van der Waals surface area contributed by atoms with Crippen LogP contribution in [0, 0.1) is 0 Å². The maximum atomic E-state index is 9.53. The normalized spacial score (nSPS) is 21.1. The molecule has 2 atom stereocenters. The lowest BCUT2D eigenvalue weighted by Gasteiger charge is -2.31. The number of nitrogens with zero attached hydrogens (tertiary/aromatic N) is 2. The summed E-state index contributed by atoms with van der Waals surface area (Å²) in [6.45, 7) is 4.41.